The highest BCUT2D eigenvalue weighted by Gasteiger charge is 2.30. The normalized spacial score (nSPS) is 16.8. The van der Waals surface area contributed by atoms with Crippen LogP contribution in [0.25, 0.3) is 0 Å². The van der Waals surface area contributed by atoms with Crippen molar-refractivity contribution < 1.29 is 4.79 Å². The van der Waals surface area contributed by atoms with Crippen LogP contribution >= 0.6 is 0 Å². The zero-order chi connectivity index (χ0) is 12.5. The minimum Gasteiger partial charge on any atom is -0.356 e. The number of nitrogens with one attached hydrogen (secondary N) is 2. The Labute approximate surface area is 105 Å². The highest BCUT2D eigenvalue weighted by molar-refractivity contribution is 5.79. The molecule has 0 unspecified atom stereocenters. The van der Waals surface area contributed by atoms with Crippen LogP contribution < -0.4 is 10.6 Å². The fraction of sp³-hybridized carbons (Fsp3) is 0.923. The van der Waals surface area contributed by atoms with E-state index in [-0.39, 0.29) is 11.8 Å². The summed E-state index contributed by atoms with van der Waals surface area (Å²) in [5.41, 5.74) is 0. The Kier molecular flexibility index (Phi) is 7.21. The quantitative estimate of drug-likeness (QED) is 0.588. The number of hydrogen-bond acceptors (Lipinski definition) is 3. The van der Waals surface area contributed by atoms with Gasteiger partial charge >= 0.3 is 0 Å². The number of carbonyl (C=O) groups excluding carboxylic acids is 1. The molecule has 0 aromatic carbocycles. The molecule has 0 aromatic rings. The van der Waals surface area contributed by atoms with E-state index in [4.69, 9.17) is 0 Å². The molecule has 2 N–H and O–H groups in total. The lowest BCUT2D eigenvalue weighted by Crippen LogP contribution is -2.53. The van der Waals surface area contributed by atoms with Crippen molar-refractivity contribution in [3.8, 4) is 0 Å². The SMILES string of the molecule is CCNCCCCCNC(=O)C1CN(CC)C1. The van der Waals surface area contributed by atoms with Gasteiger partial charge in [0.1, 0.15) is 0 Å². The summed E-state index contributed by atoms with van der Waals surface area (Å²) in [4.78, 5) is 14.0. The van der Waals surface area contributed by atoms with E-state index in [1.54, 1.807) is 0 Å². The highest BCUT2D eigenvalue weighted by Crippen LogP contribution is 2.14. The van der Waals surface area contributed by atoms with Gasteiger partial charge in [0, 0.05) is 19.6 Å². The number of carbonyl (C=O) groups is 1. The van der Waals surface area contributed by atoms with Crippen molar-refractivity contribution in [1.29, 1.82) is 0 Å². The molecule has 0 aromatic heterocycles. The Morgan fingerprint density at radius 2 is 1.88 bits per heavy atom. The van der Waals surface area contributed by atoms with E-state index < -0.39 is 0 Å². The van der Waals surface area contributed by atoms with E-state index in [9.17, 15) is 4.79 Å². The van der Waals surface area contributed by atoms with Crippen LogP contribution in [0.2, 0.25) is 0 Å². The molecule has 1 fully saturated rings. The fourth-order valence-electron chi connectivity index (χ4n) is 2.08. The molecule has 4 heteroatoms. The van der Waals surface area contributed by atoms with Gasteiger partial charge in [-0.1, -0.05) is 20.3 Å². The first-order chi connectivity index (χ1) is 8.27. The van der Waals surface area contributed by atoms with Crippen LogP contribution in [0.4, 0.5) is 0 Å². The van der Waals surface area contributed by atoms with Gasteiger partial charge in [0.2, 0.25) is 5.91 Å². The van der Waals surface area contributed by atoms with E-state index >= 15 is 0 Å². The highest BCUT2D eigenvalue weighted by atomic mass is 16.2. The number of rotatable bonds is 9. The van der Waals surface area contributed by atoms with Crippen molar-refractivity contribution in [2.45, 2.75) is 33.1 Å². The molecule has 0 aliphatic carbocycles. The zero-order valence-electron chi connectivity index (χ0n) is 11.3. The third-order valence-corrected chi connectivity index (χ3v) is 3.35. The lowest BCUT2D eigenvalue weighted by atomic mass is 9.99. The maximum atomic E-state index is 11.7. The summed E-state index contributed by atoms with van der Waals surface area (Å²) >= 11 is 0. The molecule has 0 saturated carbocycles. The first-order valence-corrected chi connectivity index (χ1v) is 6.98. The summed E-state index contributed by atoms with van der Waals surface area (Å²) in [5.74, 6) is 0.498. The molecular formula is C13H27N3O. The first kappa shape index (κ1) is 14.5. The molecule has 1 amide bonds. The monoisotopic (exact) mass is 241 g/mol. The number of nitrogens with zero attached hydrogens (tertiary/aromatic N) is 1. The van der Waals surface area contributed by atoms with Crippen molar-refractivity contribution in [2.24, 2.45) is 5.92 Å². The lowest BCUT2D eigenvalue weighted by Gasteiger charge is -2.37. The summed E-state index contributed by atoms with van der Waals surface area (Å²) in [6, 6.07) is 0. The van der Waals surface area contributed by atoms with Crippen LogP contribution in [0.3, 0.4) is 0 Å². The second-order valence-corrected chi connectivity index (χ2v) is 4.75. The summed E-state index contributed by atoms with van der Waals surface area (Å²) in [6.45, 7) is 10.2. The molecule has 17 heavy (non-hydrogen) atoms. The second kappa shape index (κ2) is 8.48. The van der Waals surface area contributed by atoms with Gasteiger partial charge in [-0.25, -0.2) is 0 Å². The van der Waals surface area contributed by atoms with E-state index in [1.165, 1.54) is 12.8 Å². The molecule has 1 rings (SSSR count). The van der Waals surface area contributed by atoms with E-state index in [0.29, 0.717) is 0 Å². The van der Waals surface area contributed by atoms with Gasteiger partial charge in [0.05, 0.1) is 5.92 Å². The molecule has 0 radical (unpaired) electrons. The number of likely N-dealkylation sites (tertiary alicyclic amines) is 1. The van der Waals surface area contributed by atoms with Crippen LogP contribution in [-0.2, 0) is 4.79 Å². The van der Waals surface area contributed by atoms with Gasteiger partial charge in [0.15, 0.2) is 0 Å². The van der Waals surface area contributed by atoms with Crippen molar-refractivity contribution in [3.63, 3.8) is 0 Å². The third-order valence-electron chi connectivity index (χ3n) is 3.35. The van der Waals surface area contributed by atoms with Crippen molar-refractivity contribution >= 4 is 5.91 Å². The number of hydrogen-bond donors (Lipinski definition) is 2. The molecule has 1 aliphatic rings. The van der Waals surface area contributed by atoms with Gasteiger partial charge in [-0.2, -0.15) is 0 Å². The topological polar surface area (TPSA) is 44.4 Å². The van der Waals surface area contributed by atoms with Gasteiger partial charge in [-0.05, 0) is 32.5 Å². The molecule has 0 spiro atoms. The Hall–Kier alpha value is -0.610. The van der Waals surface area contributed by atoms with Gasteiger partial charge in [-0.15, -0.1) is 0 Å². The smallest absolute Gasteiger partial charge is 0.225 e. The Balaban J connectivity index is 1.88. The Bertz CT molecular complexity index is 215. The molecular weight excluding hydrogens is 214 g/mol. The van der Waals surface area contributed by atoms with Gasteiger partial charge in [-0.3, -0.25) is 4.79 Å². The predicted octanol–water partition coefficient (Wildman–Crippen LogP) is 0.834. The van der Waals surface area contributed by atoms with Crippen molar-refractivity contribution in [1.82, 2.24) is 15.5 Å². The van der Waals surface area contributed by atoms with E-state index in [1.807, 2.05) is 0 Å². The van der Waals surface area contributed by atoms with Crippen LogP contribution in [0.15, 0.2) is 0 Å². The molecule has 1 aliphatic heterocycles. The lowest BCUT2D eigenvalue weighted by molar-refractivity contribution is -0.130. The fourth-order valence-corrected chi connectivity index (χ4v) is 2.08. The van der Waals surface area contributed by atoms with Crippen molar-refractivity contribution in [3.05, 3.63) is 0 Å². The molecule has 0 atom stereocenters. The number of amides is 1. The van der Waals surface area contributed by atoms with Crippen LogP contribution in [0.1, 0.15) is 33.1 Å². The van der Waals surface area contributed by atoms with E-state index in [2.05, 4.69) is 29.4 Å². The molecule has 1 saturated heterocycles. The predicted molar refractivity (Wildman–Crippen MR) is 71.0 cm³/mol. The van der Waals surface area contributed by atoms with Crippen molar-refractivity contribution in [2.75, 3.05) is 39.3 Å². The standard InChI is InChI=1S/C13H27N3O/c1-3-14-8-6-5-7-9-15-13(17)12-10-16(4-2)11-12/h12,14H,3-11H2,1-2H3,(H,15,17). The Morgan fingerprint density at radius 1 is 1.18 bits per heavy atom. The van der Waals surface area contributed by atoms with Crippen LogP contribution in [-0.4, -0.2) is 50.1 Å². The van der Waals surface area contributed by atoms with E-state index in [0.717, 1.165) is 45.7 Å². The Morgan fingerprint density at radius 3 is 2.53 bits per heavy atom. The second-order valence-electron chi connectivity index (χ2n) is 4.75. The maximum absolute atomic E-state index is 11.7. The summed E-state index contributed by atoms with van der Waals surface area (Å²) < 4.78 is 0. The average Bonchev–Trinajstić information content (AvgIpc) is 2.26. The molecule has 4 nitrogen and oxygen atoms in total. The summed E-state index contributed by atoms with van der Waals surface area (Å²) in [6.07, 6.45) is 3.50. The minimum absolute atomic E-state index is 0.247. The van der Waals surface area contributed by atoms with Gasteiger partial charge < -0.3 is 15.5 Å². The first-order valence-electron chi connectivity index (χ1n) is 6.98. The van der Waals surface area contributed by atoms with Crippen LogP contribution in [0.5, 0.6) is 0 Å². The van der Waals surface area contributed by atoms with Gasteiger partial charge in [0.25, 0.3) is 0 Å². The zero-order valence-corrected chi connectivity index (χ0v) is 11.3. The number of unbranched alkanes of at least 4 members (excludes halogenated alkanes) is 2. The summed E-state index contributed by atoms with van der Waals surface area (Å²) in [7, 11) is 0. The molecule has 0 bridgehead atoms. The summed E-state index contributed by atoms with van der Waals surface area (Å²) in [5, 5.41) is 6.34. The largest absolute Gasteiger partial charge is 0.356 e. The third kappa shape index (κ3) is 5.50. The average molecular weight is 241 g/mol. The minimum atomic E-state index is 0.247. The molecule has 1 heterocycles. The maximum Gasteiger partial charge on any atom is 0.225 e. The van der Waals surface area contributed by atoms with Crippen LogP contribution in [0, 0.1) is 5.92 Å². The molecule has 100 valence electrons.